The van der Waals surface area contributed by atoms with E-state index in [-0.39, 0.29) is 17.6 Å². The molecule has 10 heteroatoms. The molecular weight excluding hydrogens is 540 g/mol. The van der Waals surface area contributed by atoms with Crippen molar-refractivity contribution in [1.82, 2.24) is 5.32 Å². The third-order valence-corrected chi connectivity index (χ3v) is 7.23. The fourth-order valence-corrected chi connectivity index (χ4v) is 5.36. The molecule has 0 spiro atoms. The Morgan fingerprint density at radius 1 is 0.854 bits per heavy atom. The Bertz CT molecular complexity index is 1460. The monoisotopic (exact) mass is 574 g/mol. The number of methoxy groups -OCH3 is 3. The number of aryl methyl sites for hydroxylation is 2. The lowest BCUT2D eigenvalue weighted by Crippen LogP contribution is -2.32. The topological polar surface area (TPSA) is 110 Å². The first-order valence-corrected chi connectivity index (χ1v) is 13.9. The average molecular weight is 575 g/mol. The third-order valence-electron chi connectivity index (χ3n) is 6.34. The standard InChI is InChI=1S/C31H34N4O5S/c1-18-12-19(2)14-23(13-18)33-26(36)17-41-31-32-20(3)27(30(37)34-22-10-8-7-9-11-22)28(35-31)21-15-24(38-4)29(40-6)25(16-21)39-5/h7-16,28H,17H2,1-6H3,(H,32,35)(H,33,36)(H,34,37)/t28-/m0/s1. The van der Waals surface area contributed by atoms with E-state index in [1.807, 2.05) is 63.2 Å². The molecule has 1 aliphatic heterocycles. The van der Waals surface area contributed by atoms with Crippen LogP contribution in [0.3, 0.4) is 0 Å². The number of amides is 2. The van der Waals surface area contributed by atoms with Crippen LogP contribution in [0.15, 0.2) is 76.9 Å². The molecule has 0 radical (unpaired) electrons. The van der Waals surface area contributed by atoms with Crippen LogP contribution in [0.1, 0.15) is 29.7 Å². The molecule has 0 saturated heterocycles. The first-order valence-electron chi connectivity index (χ1n) is 12.9. The zero-order valence-corrected chi connectivity index (χ0v) is 24.8. The van der Waals surface area contributed by atoms with Gasteiger partial charge in [-0.15, -0.1) is 0 Å². The number of carbonyl (C=O) groups excluding carboxylic acids is 2. The zero-order chi connectivity index (χ0) is 29.5. The summed E-state index contributed by atoms with van der Waals surface area (Å²) in [6.45, 7) is 5.79. The van der Waals surface area contributed by atoms with Crippen LogP contribution in [-0.4, -0.2) is 44.1 Å². The van der Waals surface area contributed by atoms with Gasteiger partial charge in [-0.1, -0.05) is 36.0 Å². The van der Waals surface area contributed by atoms with Gasteiger partial charge >= 0.3 is 0 Å². The Balaban J connectivity index is 1.64. The Hall–Kier alpha value is -4.44. The molecule has 4 rings (SSSR count). The van der Waals surface area contributed by atoms with Crippen LogP contribution in [0.25, 0.3) is 0 Å². The summed E-state index contributed by atoms with van der Waals surface area (Å²) in [4.78, 5) is 31.3. The number of nitrogens with one attached hydrogen (secondary N) is 3. The van der Waals surface area contributed by atoms with Crippen molar-refractivity contribution >= 4 is 40.1 Å². The quantitative estimate of drug-likeness (QED) is 0.305. The fraction of sp³-hybridized carbons (Fsp3) is 0.258. The van der Waals surface area contributed by atoms with E-state index in [4.69, 9.17) is 19.2 Å². The SMILES string of the molecule is COc1cc([C@@H]2N=C(SCC(=O)Nc3cc(C)cc(C)c3)NC(C)=C2C(=O)Nc2ccccc2)cc(OC)c1OC. The molecule has 41 heavy (non-hydrogen) atoms. The number of allylic oxidation sites excluding steroid dienone is 1. The summed E-state index contributed by atoms with van der Waals surface area (Å²) >= 11 is 1.25. The van der Waals surface area contributed by atoms with Gasteiger partial charge in [0.15, 0.2) is 16.7 Å². The van der Waals surface area contributed by atoms with Crippen molar-refractivity contribution in [2.75, 3.05) is 37.7 Å². The summed E-state index contributed by atoms with van der Waals surface area (Å²) in [5.74, 6) is 0.976. The highest BCUT2D eigenvalue weighted by Gasteiger charge is 2.31. The molecule has 2 amide bonds. The summed E-state index contributed by atoms with van der Waals surface area (Å²) in [5.41, 5.74) is 5.25. The number of aliphatic imine (C=N–C) groups is 1. The van der Waals surface area contributed by atoms with E-state index in [0.29, 0.717) is 44.9 Å². The highest BCUT2D eigenvalue weighted by molar-refractivity contribution is 8.14. The average Bonchev–Trinajstić information content (AvgIpc) is 2.94. The van der Waals surface area contributed by atoms with E-state index < -0.39 is 6.04 Å². The normalized spacial score (nSPS) is 14.5. The second-order valence-corrected chi connectivity index (χ2v) is 10.5. The van der Waals surface area contributed by atoms with Gasteiger partial charge in [-0.3, -0.25) is 9.59 Å². The van der Waals surface area contributed by atoms with Gasteiger partial charge in [0.1, 0.15) is 6.04 Å². The molecule has 0 bridgehead atoms. The second-order valence-electron chi connectivity index (χ2n) is 9.49. The van der Waals surface area contributed by atoms with Gasteiger partial charge in [-0.2, -0.15) is 0 Å². The molecule has 0 saturated carbocycles. The van der Waals surface area contributed by atoms with Crippen molar-refractivity contribution in [1.29, 1.82) is 0 Å². The van der Waals surface area contributed by atoms with Gasteiger partial charge in [-0.25, -0.2) is 4.99 Å². The predicted octanol–water partition coefficient (Wildman–Crippen LogP) is 5.61. The summed E-state index contributed by atoms with van der Waals surface area (Å²) in [6, 6.07) is 18.0. The van der Waals surface area contributed by atoms with Crippen molar-refractivity contribution in [3.8, 4) is 17.2 Å². The highest BCUT2D eigenvalue weighted by Crippen LogP contribution is 2.43. The Morgan fingerprint density at radius 3 is 2.07 bits per heavy atom. The number of nitrogens with zero attached hydrogens (tertiary/aromatic N) is 1. The lowest BCUT2D eigenvalue weighted by atomic mass is 9.95. The van der Waals surface area contributed by atoms with Crippen LogP contribution < -0.4 is 30.2 Å². The van der Waals surface area contributed by atoms with Crippen LogP contribution in [0, 0.1) is 13.8 Å². The van der Waals surface area contributed by atoms with Gasteiger partial charge < -0.3 is 30.2 Å². The summed E-state index contributed by atoms with van der Waals surface area (Å²) < 4.78 is 16.6. The maximum atomic E-state index is 13.6. The molecular formula is C31H34N4O5S. The maximum absolute atomic E-state index is 13.6. The molecule has 3 aromatic rings. The number of para-hydroxylation sites is 1. The van der Waals surface area contributed by atoms with Crippen LogP contribution in [-0.2, 0) is 9.59 Å². The van der Waals surface area contributed by atoms with Gasteiger partial charge in [0.05, 0.1) is 32.7 Å². The summed E-state index contributed by atoms with van der Waals surface area (Å²) in [6.07, 6.45) is 0. The van der Waals surface area contributed by atoms with Crippen molar-refractivity contribution in [2.45, 2.75) is 26.8 Å². The van der Waals surface area contributed by atoms with E-state index >= 15 is 0 Å². The Morgan fingerprint density at radius 2 is 1.49 bits per heavy atom. The minimum absolute atomic E-state index is 0.125. The van der Waals surface area contributed by atoms with Crippen molar-refractivity contribution in [3.05, 3.63) is 88.6 Å². The second kappa shape index (κ2) is 13.3. The molecule has 1 heterocycles. The number of carbonyl (C=O) groups is 2. The van der Waals surface area contributed by atoms with E-state index in [1.54, 1.807) is 12.1 Å². The van der Waals surface area contributed by atoms with Crippen molar-refractivity contribution < 1.29 is 23.8 Å². The largest absolute Gasteiger partial charge is 0.493 e. The van der Waals surface area contributed by atoms with Crippen LogP contribution in [0.5, 0.6) is 17.2 Å². The van der Waals surface area contributed by atoms with E-state index in [1.165, 1.54) is 33.1 Å². The number of amidine groups is 1. The molecule has 3 aromatic carbocycles. The van der Waals surface area contributed by atoms with Crippen molar-refractivity contribution in [3.63, 3.8) is 0 Å². The van der Waals surface area contributed by atoms with E-state index in [0.717, 1.165) is 16.8 Å². The number of hydrogen-bond donors (Lipinski definition) is 3. The smallest absolute Gasteiger partial charge is 0.255 e. The van der Waals surface area contributed by atoms with E-state index in [9.17, 15) is 9.59 Å². The Labute approximate surface area is 244 Å². The first-order chi connectivity index (χ1) is 19.7. The molecule has 1 atom stereocenters. The molecule has 0 fully saturated rings. The first kappa shape index (κ1) is 29.5. The number of hydrogen-bond acceptors (Lipinski definition) is 8. The molecule has 1 aliphatic rings. The van der Waals surface area contributed by atoms with Crippen LogP contribution >= 0.6 is 11.8 Å². The molecule has 0 aliphatic carbocycles. The third kappa shape index (κ3) is 7.20. The lowest BCUT2D eigenvalue weighted by molar-refractivity contribution is -0.114. The fourth-order valence-electron chi connectivity index (χ4n) is 4.61. The Kier molecular flexibility index (Phi) is 9.57. The van der Waals surface area contributed by atoms with Gasteiger partial charge in [-0.05, 0) is 73.9 Å². The molecule has 0 aromatic heterocycles. The lowest BCUT2D eigenvalue weighted by Gasteiger charge is -2.27. The predicted molar refractivity (Wildman–Crippen MR) is 164 cm³/mol. The van der Waals surface area contributed by atoms with Crippen LogP contribution in [0.2, 0.25) is 0 Å². The van der Waals surface area contributed by atoms with Gasteiger partial charge in [0.2, 0.25) is 11.7 Å². The highest BCUT2D eigenvalue weighted by atomic mass is 32.2. The zero-order valence-electron chi connectivity index (χ0n) is 24.0. The van der Waals surface area contributed by atoms with Crippen molar-refractivity contribution in [2.24, 2.45) is 4.99 Å². The molecule has 0 unspecified atom stereocenters. The molecule has 3 N–H and O–H groups in total. The maximum Gasteiger partial charge on any atom is 0.255 e. The number of anilines is 2. The molecule has 9 nitrogen and oxygen atoms in total. The summed E-state index contributed by atoms with van der Waals surface area (Å²) in [5, 5.41) is 9.63. The number of ether oxygens (including phenoxy) is 3. The van der Waals surface area contributed by atoms with Crippen LogP contribution in [0.4, 0.5) is 11.4 Å². The number of rotatable bonds is 9. The summed E-state index contributed by atoms with van der Waals surface area (Å²) in [7, 11) is 4.60. The minimum atomic E-state index is -0.710. The van der Waals surface area contributed by atoms with Gasteiger partial charge in [0, 0.05) is 17.1 Å². The number of benzene rings is 3. The van der Waals surface area contributed by atoms with Gasteiger partial charge in [0.25, 0.3) is 5.91 Å². The number of thioether (sulfide) groups is 1. The minimum Gasteiger partial charge on any atom is -0.493 e. The van der Waals surface area contributed by atoms with E-state index in [2.05, 4.69) is 22.0 Å². The molecule has 214 valence electrons.